The van der Waals surface area contributed by atoms with Crippen molar-refractivity contribution < 1.29 is 27.4 Å². The highest BCUT2D eigenvalue weighted by atomic mass is 19.3. The van der Waals surface area contributed by atoms with Gasteiger partial charge in [-0.3, -0.25) is 9.69 Å². The molecular weight excluding hydrogens is 599 g/mol. The van der Waals surface area contributed by atoms with E-state index in [1.165, 1.54) is 7.05 Å². The van der Waals surface area contributed by atoms with Crippen LogP contribution in [0.2, 0.25) is 0 Å². The number of hydrogen-bond donors (Lipinski definition) is 1. The predicted octanol–water partition coefficient (Wildman–Crippen LogP) is 3.66. The fourth-order valence-corrected chi connectivity index (χ4v) is 9.23. The van der Waals surface area contributed by atoms with E-state index in [2.05, 4.69) is 17.9 Å². The summed E-state index contributed by atoms with van der Waals surface area (Å²) in [5.41, 5.74) is 7.48. The van der Waals surface area contributed by atoms with E-state index in [0.29, 0.717) is 54.1 Å². The van der Waals surface area contributed by atoms with Crippen LogP contribution in [-0.4, -0.2) is 89.7 Å². The molecule has 4 fully saturated rings. The molecule has 5 aliphatic heterocycles. The van der Waals surface area contributed by atoms with Gasteiger partial charge in [0.05, 0.1) is 28.8 Å². The van der Waals surface area contributed by atoms with Gasteiger partial charge in [0.2, 0.25) is 0 Å². The average Bonchev–Trinajstić information content (AvgIpc) is 3.59. The van der Waals surface area contributed by atoms with Gasteiger partial charge in [-0.15, -0.1) is 0 Å². The summed E-state index contributed by atoms with van der Waals surface area (Å²) in [5.74, 6) is -3.97. The number of fused-ring (bicyclic) bond motifs is 4. The number of halogens is 3. The lowest BCUT2D eigenvalue weighted by Gasteiger charge is -2.51. The minimum atomic E-state index is -3.47. The van der Waals surface area contributed by atoms with Gasteiger partial charge in [0.1, 0.15) is 30.3 Å². The molecule has 1 amide bonds. The fourth-order valence-electron chi connectivity index (χ4n) is 9.23. The van der Waals surface area contributed by atoms with Crippen molar-refractivity contribution in [1.29, 1.82) is 5.26 Å². The summed E-state index contributed by atoms with van der Waals surface area (Å²) >= 11 is 0. The Bertz CT molecular complexity index is 1680. The first-order valence-electron chi connectivity index (χ1n) is 16.2. The van der Waals surface area contributed by atoms with Crippen LogP contribution >= 0.6 is 0 Å². The summed E-state index contributed by atoms with van der Waals surface area (Å²) < 4.78 is 57.9. The normalized spacial score (nSPS) is 32.3. The SMILES string of the molecule is CC1CCC2(Cc3nc(OCC45CCCN4CC(F)C5)nc(N4CC5(CN(C)C(=O)C5(F)F)C4)c3CO2)c2c1ccc(N)c2C#N. The Morgan fingerprint density at radius 3 is 2.76 bits per heavy atom. The lowest BCUT2D eigenvalue weighted by molar-refractivity contribution is -0.160. The zero-order valence-corrected chi connectivity index (χ0v) is 26.1. The van der Waals surface area contributed by atoms with Gasteiger partial charge < -0.3 is 25.0 Å². The minimum Gasteiger partial charge on any atom is -0.461 e. The number of likely N-dealkylation sites (tertiary alicyclic amines) is 1. The molecular formula is C33H38F3N7O3. The van der Waals surface area contributed by atoms with Gasteiger partial charge in [-0.1, -0.05) is 13.0 Å². The van der Waals surface area contributed by atoms with Crippen LogP contribution in [0.3, 0.4) is 0 Å². The number of ether oxygens (including phenoxy) is 2. The quantitative estimate of drug-likeness (QED) is 0.501. The maximum atomic E-state index is 15.2. The van der Waals surface area contributed by atoms with Gasteiger partial charge in [-0.05, 0) is 49.8 Å². The van der Waals surface area contributed by atoms with Crippen molar-refractivity contribution in [3.8, 4) is 12.1 Å². The molecule has 6 aliphatic rings. The second-order valence-corrected chi connectivity index (χ2v) is 14.5. The van der Waals surface area contributed by atoms with Gasteiger partial charge in [0, 0.05) is 62.9 Å². The van der Waals surface area contributed by atoms with Crippen molar-refractivity contribution in [2.75, 3.05) is 57.0 Å². The molecule has 0 saturated carbocycles. The topological polar surface area (TPSA) is 121 Å². The molecule has 13 heteroatoms. The van der Waals surface area contributed by atoms with Gasteiger partial charge in [-0.25, -0.2) is 4.39 Å². The van der Waals surface area contributed by atoms with E-state index < -0.39 is 34.6 Å². The number of nitrogens with two attached hydrogens (primary N) is 1. The summed E-state index contributed by atoms with van der Waals surface area (Å²) in [4.78, 5) is 27.0. The summed E-state index contributed by atoms with van der Waals surface area (Å²) in [6.07, 6.45) is 3.08. The third kappa shape index (κ3) is 4.05. The second-order valence-electron chi connectivity index (χ2n) is 14.5. The molecule has 8 rings (SSSR count). The number of amides is 1. The number of carbonyl (C=O) groups is 1. The average molecular weight is 638 g/mol. The number of anilines is 2. The molecule has 10 nitrogen and oxygen atoms in total. The first-order chi connectivity index (χ1) is 21.9. The number of rotatable bonds is 4. The van der Waals surface area contributed by atoms with Crippen LogP contribution in [0.25, 0.3) is 0 Å². The van der Waals surface area contributed by atoms with Crippen LogP contribution in [0.4, 0.5) is 24.7 Å². The van der Waals surface area contributed by atoms with Gasteiger partial charge >= 0.3 is 11.9 Å². The number of alkyl halides is 3. The molecule has 2 spiro atoms. The van der Waals surface area contributed by atoms with E-state index in [1.807, 2.05) is 6.07 Å². The lowest BCUT2D eigenvalue weighted by Crippen LogP contribution is -2.65. The Hall–Kier alpha value is -3.63. The number of nitrogens with zero attached hydrogens (tertiary/aromatic N) is 6. The van der Waals surface area contributed by atoms with Crippen LogP contribution in [0.5, 0.6) is 6.01 Å². The molecule has 6 heterocycles. The molecule has 4 unspecified atom stereocenters. The van der Waals surface area contributed by atoms with E-state index in [9.17, 15) is 14.4 Å². The highest BCUT2D eigenvalue weighted by molar-refractivity contribution is 5.88. The number of nitrogen functional groups attached to an aromatic ring is 1. The minimum absolute atomic E-state index is 0.0400. The molecule has 1 aliphatic carbocycles. The smallest absolute Gasteiger partial charge is 0.335 e. The number of nitriles is 1. The van der Waals surface area contributed by atoms with Crippen molar-refractivity contribution in [3.05, 3.63) is 40.1 Å². The number of hydrogen-bond acceptors (Lipinski definition) is 9. The monoisotopic (exact) mass is 637 g/mol. The Kier molecular flexibility index (Phi) is 6.43. The number of aromatic nitrogens is 2. The summed E-state index contributed by atoms with van der Waals surface area (Å²) in [7, 11) is 1.40. The Morgan fingerprint density at radius 1 is 1.22 bits per heavy atom. The number of benzene rings is 1. The van der Waals surface area contributed by atoms with Crippen molar-refractivity contribution in [2.24, 2.45) is 5.41 Å². The van der Waals surface area contributed by atoms with Crippen molar-refractivity contribution in [1.82, 2.24) is 19.8 Å². The van der Waals surface area contributed by atoms with E-state index in [1.54, 1.807) is 11.0 Å². The first-order valence-corrected chi connectivity index (χ1v) is 16.2. The van der Waals surface area contributed by atoms with Crippen LogP contribution in [0.1, 0.15) is 72.9 Å². The molecule has 0 radical (unpaired) electrons. The van der Waals surface area contributed by atoms with E-state index in [0.717, 1.165) is 41.8 Å². The summed E-state index contributed by atoms with van der Waals surface area (Å²) in [6, 6.07) is 6.16. The highest BCUT2D eigenvalue weighted by Crippen LogP contribution is 2.54. The van der Waals surface area contributed by atoms with Crippen LogP contribution in [-0.2, 0) is 28.2 Å². The van der Waals surface area contributed by atoms with Crippen molar-refractivity contribution in [2.45, 2.75) is 81.2 Å². The molecule has 2 aromatic rings. The highest BCUT2D eigenvalue weighted by Gasteiger charge is 2.70. The predicted molar refractivity (Wildman–Crippen MR) is 161 cm³/mol. The zero-order valence-electron chi connectivity index (χ0n) is 26.1. The third-order valence-corrected chi connectivity index (χ3v) is 11.7. The molecule has 4 atom stereocenters. The maximum absolute atomic E-state index is 15.2. The van der Waals surface area contributed by atoms with Crippen molar-refractivity contribution in [3.63, 3.8) is 0 Å². The second kappa shape index (κ2) is 9.94. The number of carbonyl (C=O) groups excluding carboxylic acids is 1. The van der Waals surface area contributed by atoms with Crippen LogP contribution in [0, 0.1) is 16.7 Å². The van der Waals surface area contributed by atoms with E-state index >= 15 is 8.78 Å². The Morgan fingerprint density at radius 2 is 2.02 bits per heavy atom. The van der Waals surface area contributed by atoms with E-state index in [4.69, 9.17) is 25.2 Å². The summed E-state index contributed by atoms with van der Waals surface area (Å²) in [6.45, 7) is 3.52. The van der Waals surface area contributed by atoms with Crippen molar-refractivity contribution >= 4 is 17.4 Å². The van der Waals surface area contributed by atoms with Gasteiger partial charge in [0.15, 0.2) is 0 Å². The van der Waals surface area contributed by atoms with Crippen LogP contribution < -0.4 is 15.4 Å². The standard InChI is InChI=1S/C33H38F3N7O3/c1-19-6-8-32(26-21(19)4-5-24(38)22(26)12-37)11-25-23(14-46-32)27(42-16-30(17-42)15-41(2)28(44)33(30,35)36)40-29(39-25)45-18-31-7-3-9-43(31)13-20(34)10-31/h4-5,19-20H,3,6-11,13-18,38H2,1-2H3. The third-order valence-electron chi connectivity index (χ3n) is 11.7. The summed E-state index contributed by atoms with van der Waals surface area (Å²) in [5, 5.41) is 10.2. The molecule has 244 valence electrons. The Labute approximate surface area is 265 Å². The molecule has 0 bridgehead atoms. The molecule has 1 aromatic carbocycles. The molecule has 2 N–H and O–H groups in total. The largest absolute Gasteiger partial charge is 0.461 e. The van der Waals surface area contributed by atoms with Gasteiger partial charge in [0.25, 0.3) is 5.91 Å². The van der Waals surface area contributed by atoms with Crippen LogP contribution in [0.15, 0.2) is 12.1 Å². The lowest BCUT2D eigenvalue weighted by atomic mass is 9.69. The zero-order chi connectivity index (χ0) is 32.2. The first kappa shape index (κ1) is 29.8. The van der Waals surface area contributed by atoms with Gasteiger partial charge in [-0.2, -0.15) is 24.0 Å². The molecule has 4 saturated heterocycles. The Balaban J connectivity index is 1.17. The molecule has 1 aromatic heterocycles. The molecule has 46 heavy (non-hydrogen) atoms. The van der Waals surface area contributed by atoms with E-state index in [-0.39, 0.29) is 44.8 Å². The fraction of sp³-hybridized carbons (Fsp3) is 0.636. The maximum Gasteiger partial charge on any atom is 0.335 e.